The van der Waals surface area contributed by atoms with Gasteiger partial charge in [-0.25, -0.2) is 8.42 Å². The zero-order valence-electron chi connectivity index (χ0n) is 14.4. The monoisotopic (exact) mass is 357 g/mol. The number of amides is 1. The lowest BCUT2D eigenvalue weighted by Crippen LogP contribution is -2.33. The van der Waals surface area contributed by atoms with Crippen molar-refractivity contribution in [2.24, 2.45) is 0 Å². The third kappa shape index (κ3) is 3.76. The number of carbonyl (C=O) groups excluding carboxylic acids is 1. The van der Waals surface area contributed by atoms with Crippen LogP contribution >= 0.6 is 0 Å². The predicted molar refractivity (Wildman–Crippen MR) is 98.5 cm³/mol. The quantitative estimate of drug-likeness (QED) is 0.827. The van der Waals surface area contributed by atoms with Gasteiger partial charge in [-0.05, 0) is 37.0 Å². The van der Waals surface area contributed by atoms with Crippen LogP contribution in [0.1, 0.15) is 42.1 Å². The van der Waals surface area contributed by atoms with E-state index >= 15 is 0 Å². The highest BCUT2D eigenvalue weighted by Gasteiger charge is 2.44. The third-order valence-corrected chi connectivity index (χ3v) is 6.74. The van der Waals surface area contributed by atoms with Crippen molar-refractivity contribution in [3.8, 4) is 0 Å². The van der Waals surface area contributed by atoms with Crippen molar-refractivity contribution in [2.75, 3.05) is 12.3 Å². The number of carbonyl (C=O) groups is 1. The van der Waals surface area contributed by atoms with Gasteiger partial charge in [0.25, 0.3) is 5.91 Å². The molecule has 1 fully saturated rings. The lowest BCUT2D eigenvalue weighted by molar-refractivity contribution is 0.0946. The second-order valence-electron chi connectivity index (χ2n) is 6.64. The summed E-state index contributed by atoms with van der Waals surface area (Å²) in [6.07, 6.45) is 2.59. The molecule has 0 spiro atoms. The van der Waals surface area contributed by atoms with E-state index in [-0.39, 0.29) is 27.5 Å². The molecule has 132 valence electrons. The molecule has 2 aromatic rings. The van der Waals surface area contributed by atoms with E-state index in [1.54, 1.807) is 18.2 Å². The summed E-state index contributed by atoms with van der Waals surface area (Å²) in [6.45, 7) is 2.34. The lowest BCUT2D eigenvalue weighted by atomic mass is 9.96. The molecule has 2 aromatic carbocycles. The van der Waals surface area contributed by atoms with Crippen LogP contribution < -0.4 is 5.32 Å². The van der Waals surface area contributed by atoms with Crippen LogP contribution in [0, 0.1) is 0 Å². The zero-order valence-corrected chi connectivity index (χ0v) is 15.2. The summed E-state index contributed by atoms with van der Waals surface area (Å²) in [5.41, 5.74) is 1.45. The van der Waals surface area contributed by atoms with Gasteiger partial charge in [-0.15, -0.1) is 0 Å². The zero-order chi connectivity index (χ0) is 17.9. The first-order valence-corrected chi connectivity index (χ1v) is 10.3. The minimum absolute atomic E-state index is 0.00580. The number of hydrogen-bond donors (Lipinski definition) is 1. The van der Waals surface area contributed by atoms with Gasteiger partial charge in [0.1, 0.15) is 0 Å². The van der Waals surface area contributed by atoms with Gasteiger partial charge in [0.15, 0.2) is 9.84 Å². The van der Waals surface area contributed by atoms with Gasteiger partial charge in [-0.1, -0.05) is 49.4 Å². The van der Waals surface area contributed by atoms with Gasteiger partial charge in [0.05, 0.1) is 16.2 Å². The fraction of sp³-hybridized carbons (Fsp3) is 0.350. The van der Waals surface area contributed by atoms with Gasteiger partial charge < -0.3 is 5.32 Å². The summed E-state index contributed by atoms with van der Waals surface area (Å²) >= 11 is 0. The Labute approximate surface area is 149 Å². The maximum absolute atomic E-state index is 12.6. The van der Waals surface area contributed by atoms with Gasteiger partial charge >= 0.3 is 0 Å². The largest absolute Gasteiger partial charge is 0.351 e. The van der Waals surface area contributed by atoms with E-state index in [1.807, 2.05) is 25.1 Å². The highest BCUT2D eigenvalue weighted by atomic mass is 32.2. The van der Waals surface area contributed by atoms with Crippen LogP contribution in [0.5, 0.6) is 0 Å². The molecule has 1 N–H and O–H groups in total. The maximum atomic E-state index is 12.6. The highest BCUT2D eigenvalue weighted by Crippen LogP contribution is 2.47. The Morgan fingerprint density at radius 2 is 1.68 bits per heavy atom. The van der Waals surface area contributed by atoms with E-state index in [9.17, 15) is 13.2 Å². The Balaban J connectivity index is 1.77. The second kappa shape index (κ2) is 7.00. The van der Waals surface area contributed by atoms with Gasteiger partial charge in [0, 0.05) is 12.0 Å². The van der Waals surface area contributed by atoms with Crippen molar-refractivity contribution in [3.63, 3.8) is 0 Å². The van der Waals surface area contributed by atoms with Crippen molar-refractivity contribution in [2.45, 2.75) is 36.5 Å². The van der Waals surface area contributed by atoms with Gasteiger partial charge in [0.2, 0.25) is 0 Å². The molecule has 0 bridgehead atoms. The highest BCUT2D eigenvalue weighted by molar-refractivity contribution is 7.91. The molecule has 0 radical (unpaired) electrons. The van der Waals surface area contributed by atoms with E-state index in [0.717, 1.165) is 12.8 Å². The van der Waals surface area contributed by atoms with E-state index in [0.29, 0.717) is 13.0 Å². The first kappa shape index (κ1) is 17.7. The molecule has 3 rings (SSSR count). The van der Waals surface area contributed by atoms with E-state index < -0.39 is 9.84 Å². The van der Waals surface area contributed by atoms with Crippen LogP contribution in [0.2, 0.25) is 0 Å². The first-order chi connectivity index (χ1) is 12.0. The lowest BCUT2D eigenvalue weighted by Gasteiger charge is -2.17. The minimum atomic E-state index is -3.44. The molecule has 0 aromatic heterocycles. The van der Waals surface area contributed by atoms with E-state index in [4.69, 9.17) is 0 Å². The summed E-state index contributed by atoms with van der Waals surface area (Å²) in [5.74, 6) is -0.275. The number of hydrogen-bond acceptors (Lipinski definition) is 3. The molecule has 5 heteroatoms. The average Bonchev–Trinajstić information content (AvgIpc) is 3.42. The molecule has 1 saturated carbocycles. The summed E-state index contributed by atoms with van der Waals surface area (Å²) in [7, 11) is -3.44. The number of rotatable bonds is 7. The summed E-state index contributed by atoms with van der Waals surface area (Å²) in [6, 6.07) is 16.6. The molecule has 25 heavy (non-hydrogen) atoms. The first-order valence-electron chi connectivity index (χ1n) is 8.64. The number of sulfone groups is 1. The Morgan fingerprint density at radius 3 is 2.32 bits per heavy atom. The van der Waals surface area contributed by atoms with Crippen LogP contribution in [0.4, 0.5) is 0 Å². The number of benzene rings is 2. The van der Waals surface area contributed by atoms with Crippen molar-refractivity contribution in [3.05, 3.63) is 65.7 Å². The summed E-state index contributed by atoms with van der Waals surface area (Å²) < 4.78 is 24.8. The van der Waals surface area contributed by atoms with Crippen LogP contribution in [0.3, 0.4) is 0 Å². The Morgan fingerprint density at radius 1 is 1.04 bits per heavy atom. The SMILES string of the molecule is CCCS(=O)(=O)c1ccccc1C(=O)NCC1(c2ccccc2)CC1. The molecule has 0 atom stereocenters. The van der Waals surface area contributed by atoms with Crippen molar-refractivity contribution in [1.29, 1.82) is 0 Å². The van der Waals surface area contributed by atoms with Crippen molar-refractivity contribution in [1.82, 2.24) is 5.32 Å². The van der Waals surface area contributed by atoms with Crippen molar-refractivity contribution >= 4 is 15.7 Å². The molecule has 0 aliphatic heterocycles. The van der Waals surface area contributed by atoms with Crippen LogP contribution in [0.25, 0.3) is 0 Å². The predicted octanol–water partition coefficient (Wildman–Crippen LogP) is 3.33. The fourth-order valence-corrected chi connectivity index (χ4v) is 4.70. The Hall–Kier alpha value is -2.14. The molecular weight excluding hydrogens is 334 g/mol. The molecule has 1 aliphatic carbocycles. The molecular formula is C20H23NO3S. The average molecular weight is 357 g/mol. The molecule has 0 saturated heterocycles. The van der Waals surface area contributed by atoms with E-state index in [2.05, 4.69) is 17.4 Å². The third-order valence-electron chi connectivity index (χ3n) is 4.77. The minimum Gasteiger partial charge on any atom is -0.351 e. The Kier molecular flexibility index (Phi) is 4.95. The van der Waals surface area contributed by atoms with Crippen LogP contribution in [-0.4, -0.2) is 26.6 Å². The summed E-state index contributed by atoms with van der Waals surface area (Å²) in [4.78, 5) is 12.8. The second-order valence-corrected chi connectivity index (χ2v) is 8.72. The summed E-state index contributed by atoms with van der Waals surface area (Å²) in [5, 5.41) is 2.95. The number of nitrogens with one attached hydrogen (secondary N) is 1. The van der Waals surface area contributed by atoms with Crippen LogP contribution in [-0.2, 0) is 15.3 Å². The molecule has 1 amide bonds. The molecule has 1 aliphatic rings. The van der Waals surface area contributed by atoms with Crippen LogP contribution in [0.15, 0.2) is 59.5 Å². The fourth-order valence-electron chi connectivity index (χ4n) is 3.16. The molecule has 0 unspecified atom stereocenters. The smallest absolute Gasteiger partial charge is 0.252 e. The van der Waals surface area contributed by atoms with Gasteiger partial charge in [-0.2, -0.15) is 0 Å². The van der Waals surface area contributed by atoms with Crippen molar-refractivity contribution < 1.29 is 13.2 Å². The Bertz CT molecular complexity index is 856. The standard InChI is InChI=1S/C20H23NO3S/c1-2-14-25(23,24)18-11-7-6-10-17(18)19(22)21-15-20(12-13-20)16-8-4-3-5-9-16/h3-11H,2,12-15H2,1H3,(H,21,22). The van der Waals surface area contributed by atoms with E-state index in [1.165, 1.54) is 11.6 Å². The normalized spacial score (nSPS) is 15.6. The van der Waals surface area contributed by atoms with Gasteiger partial charge in [-0.3, -0.25) is 4.79 Å². The topological polar surface area (TPSA) is 63.2 Å². The maximum Gasteiger partial charge on any atom is 0.252 e. The molecule has 0 heterocycles. The molecule has 4 nitrogen and oxygen atoms in total.